The standard InChI is InChI=1S/C15H25N5/c1-5-13-9(2)14(18-15(16)17-13)20-7-11-10(6-19(3)4)12(11)8-20/h10-12H,5-8H2,1-4H3,(H2,16,17,18)/t10?,11-,12+. The van der Waals surface area contributed by atoms with Crippen LogP contribution in [0.1, 0.15) is 18.2 Å². The van der Waals surface area contributed by atoms with Gasteiger partial charge in [-0.1, -0.05) is 6.92 Å². The van der Waals surface area contributed by atoms with Crippen molar-refractivity contribution in [2.45, 2.75) is 20.3 Å². The second-order valence-electron chi connectivity index (χ2n) is 6.49. The molecule has 1 saturated heterocycles. The molecule has 1 aromatic heterocycles. The zero-order valence-electron chi connectivity index (χ0n) is 12.9. The summed E-state index contributed by atoms with van der Waals surface area (Å²) in [6.45, 7) is 7.71. The molecule has 5 nitrogen and oxygen atoms in total. The third kappa shape index (κ3) is 2.24. The first-order chi connectivity index (χ1) is 9.51. The lowest BCUT2D eigenvalue weighted by molar-refractivity contribution is 0.366. The number of hydrogen-bond donors (Lipinski definition) is 1. The fourth-order valence-electron chi connectivity index (χ4n) is 3.74. The Balaban J connectivity index is 1.73. The van der Waals surface area contributed by atoms with Gasteiger partial charge in [-0.25, -0.2) is 4.98 Å². The molecule has 20 heavy (non-hydrogen) atoms. The number of rotatable bonds is 4. The predicted molar refractivity (Wildman–Crippen MR) is 81.8 cm³/mol. The number of piperidine rings is 1. The molecule has 110 valence electrons. The molecule has 2 N–H and O–H groups in total. The third-order valence-corrected chi connectivity index (χ3v) is 4.82. The molecule has 1 saturated carbocycles. The van der Waals surface area contributed by atoms with Crippen molar-refractivity contribution in [1.82, 2.24) is 14.9 Å². The summed E-state index contributed by atoms with van der Waals surface area (Å²) < 4.78 is 0. The van der Waals surface area contributed by atoms with Crippen LogP contribution in [0.4, 0.5) is 11.8 Å². The largest absolute Gasteiger partial charge is 0.368 e. The molecule has 0 aromatic carbocycles. The van der Waals surface area contributed by atoms with Crippen LogP contribution in [0.5, 0.6) is 0 Å². The third-order valence-electron chi connectivity index (χ3n) is 4.82. The number of aromatic nitrogens is 2. The van der Waals surface area contributed by atoms with Crippen molar-refractivity contribution in [3.05, 3.63) is 11.3 Å². The van der Waals surface area contributed by atoms with Crippen LogP contribution in [-0.4, -0.2) is 48.6 Å². The van der Waals surface area contributed by atoms with Gasteiger partial charge in [0.2, 0.25) is 5.95 Å². The number of nitrogens with two attached hydrogens (primary N) is 1. The monoisotopic (exact) mass is 275 g/mol. The number of aryl methyl sites for hydroxylation is 1. The van der Waals surface area contributed by atoms with E-state index in [1.54, 1.807) is 0 Å². The van der Waals surface area contributed by atoms with Gasteiger partial charge in [0.1, 0.15) is 5.82 Å². The number of nitrogens with zero attached hydrogens (tertiary/aromatic N) is 4. The molecule has 3 atom stereocenters. The van der Waals surface area contributed by atoms with E-state index in [-0.39, 0.29) is 0 Å². The van der Waals surface area contributed by atoms with E-state index < -0.39 is 0 Å². The van der Waals surface area contributed by atoms with Crippen LogP contribution < -0.4 is 10.6 Å². The van der Waals surface area contributed by atoms with Crippen LogP contribution >= 0.6 is 0 Å². The summed E-state index contributed by atoms with van der Waals surface area (Å²) in [4.78, 5) is 13.5. The van der Waals surface area contributed by atoms with Gasteiger partial charge in [-0.15, -0.1) is 0 Å². The lowest BCUT2D eigenvalue weighted by Crippen LogP contribution is -2.29. The van der Waals surface area contributed by atoms with Gasteiger partial charge in [0.05, 0.1) is 5.69 Å². The van der Waals surface area contributed by atoms with Gasteiger partial charge in [0, 0.05) is 25.2 Å². The molecule has 1 aliphatic carbocycles. The Morgan fingerprint density at radius 2 is 1.90 bits per heavy atom. The molecule has 2 fully saturated rings. The van der Waals surface area contributed by atoms with E-state index >= 15 is 0 Å². The average molecular weight is 275 g/mol. The molecule has 2 aliphatic rings. The summed E-state index contributed by atoms with van der Waals surface area (Å²) >= 11 is 0. The zero-order valence-corrected chi connectivity index (χ0v) is 12.9. The van der Waals surface area contributed by atoms with E-state index in [4.69, 9.17) is 5.73 Å². The maximum Gasteiger partial charge on any atom is 0.222 e. The van der Waals surface area contributed by atoms with Gasteiger partial charge in [0.15, 0.2) is 0 Å². The zero-order chi connectivity index (χ0) is 14.4. The molecular weight excluding hydrogens is 250 g/mol. The molecule has 1 aromatic rings. The van der Waals surface area contributed by atoms with Crippen molar-refractivity contribution in [2.24, 2.45) is 17.8 Å². The molecule has 5 heteroatoms. The Kier molecular flexibility index (Phi) is 3.32. The minimum atomic E-state index is 0.410. The highest BCUT2D eigenvalue weighted by molar-refractivity contribution is 5.53. The smallest absolute Gasteiger partial charge is 0.222 e. The van der Waals surface area contributed by atoms with E-state index in [0.29, 0.717) is 5.95 Å². The average Bonchev–Trinajstić information content (AvgIpc) is 2.86. The molecule has 0 amide bonds. The Bertz CT molecular complexity index is 501. The summed E-state index contributed by atoms with van der Waals surface area (Å²) in [5.74, 6) is 4.04. The molecule has 2 heterocycles. The van der Waals surface area contributed by atoms with Crippen molar-refractivity contribution in [3.8, 4) is 0 Å². The molecule has 0 spiro atoms. The van der Waals surface area contributed by atoms with E-state index in [9.17, 15) is 0 Å². The molecule has 3 rings (SSSR count). The predicted octanol–water partition coefficient (Wildman–Crippen LogP) is 1.17. The van der Waals surface area contributed by atoms with Crippen LogP contribution in [0.25, 0.3) is 0 Å². The fourth-order valence-corrected chi connectivity index (χ4v) is 3.74. The molecule has 0 bridgehead atoms. The Morgan fingerprint density at radius 3 is 2.45 bits per heavy atom. The molecule has 1 aliphatic heterocycles. The molecule has 1 unspecified atom stereocenters. The van der Waals surface area contributed by atoms with Crippen LogP contribution in [0.15, 0.2) is 0 Å². The second kappa shape index (κ2) is 4.88. The first-order valence-corrected chi connectivity index (χ1v) is 7.54. The van der Waals surface area contributed by atoms with Crippen molar-refractivity contribution < 1.29 is 0 Å². The minimum absolute atomic E-state index is 0.410. The van der Waals surface area contributed by atoms with Gasteiger partial charge < -0.3 is 15.5 Å². The number of fused-ring (bicyclic) bond motifs is 1. The lowest BCUT2D eigenvalue weighted by atomic mass is 10.1. The summed E-state index contributed by atoms with van der Waals surface area (Å²) in [6, 6.07) is 0. The minimum Gasteiger partial charge on any atom is -0.368 e. The summed E-state index contributed by atoms with van der Waals surface area (Å²) in [5.41, 5.74) is 8.14. The summed E-state index contributed by atoms with van der Waals surface area (Å²) in [5, 5.41) is 0. The van der Waals surface area contributed by atoms with Crippen LogP contribution in [-0.2, 0) is 6.42 Å². The Hall–Kier alpha value is -1.36. The van der Waals surface area contributed by atoms with Gasteiger partial charge in [-0.2, -0.15) is 4.98 Å². The van der Waals surface area contributed by atoms with E-state index in [1.807, 2.05) is 0 Å². The van der Waals surface area contributed by atoms with Crippen molar-refractivity contribution in [1.29, 1.82) is 0 Å². The highest BCUT2D eigenvalue weighted by atomic mass is 15.3. The van der Waals surface area contributed by atoms with Crippen LogP contribution in [0.2, 0.25) is 0 Å². The van der Waals surface area contributed by atoms with E-state index in [2.05, 4.69) is 47.7 Å². The first kappa shape index (κ1) is 13.6. The van der Waals surface area contributed by atoms with Crippen molar-refractivity contribution >= 4 is 11.8 Å². The Labute approximate surface area is 121 Å². The van der Waals surface area contributed by atoms with Crippen LogP contribution in [0.3, 0.4) is 0 Å². The quantitative estimate of drug-likeness (QED) is 0.894. The topological polar surface area (TPSA) is 58.3 Å². The maximum atomic E-state index is 5.85. The SMILES string of the molecule is CCc1nc(N)nc(N2C[C@@H]3C(CN(C)C)[C@@H]3C2)c1C. The lowest BCUT2D eigenvalue weighted by Gasteiger charge is -2.24. The Morgan fingerprint density at radius 1 is 1.25 bits per heavy atom. The number of nitrogen functional groups attached to an aromatic ring is 1. The summed E-state index contributed by atoms with van der Waals surface area (Å²) in [7, 11) is 4.32. The van der Waals surface area contributed by atoms with Crippen molar-refractivity contribution in [2.75, 3.05) is 44.4 Å². The normalized spacial score (nSPS) is 28.1. The van der Waals surface area contributed by atoms with Gasteiger partial charge in [0.25, 0.3) is 0 Å². The first-order valence-electron chi connectivity index (χ1n) is 7.54. The molecule has 0 radical (unpaired) electrons. The highest BCUT2D eigenvalue weighted by Gasteiger charge is 2.55. The fraction of sp³-hybridized carbons (Fsp3) is 0.733. The number of anilines is 2. The van der Waals surface area contributed by atoms with E-state index in [0.717, 1.165) is 48.8 Å². The van der Waals surface area contributed by atoms with Gasteiger partial charge in [-0.3, -0.25) is 0 Å². The van der Waals surface area contributed by atoms with Crippen molar-refractivity contribution in [3.63, 3.8) is 0 Å². The van der Waals surface area contributed by atoms with E-state index in [1.165, 1.54) is 12.1 Å². The van der Waals surface area contributed by atoms with Crippen LogP contribution in [0, 0.1) is 24.7 Å². The maximum absolute atomic E-state index is 5.85. The number of hydrogen-bond acceptors (Lipinski definition) is 5. The van der Waals surface area contributed by atoms with Gasteiger partial charge in [-0.05, 0) is 45.2 Å². The molecular formula is C15H25N5. The summed E-state index contributed by atoms with van der Waals surface area (Å²) in [6.07, 6.45) is 0.912. The van der Waals surface area contributed by atoms with Gasteiger partial charge >= 0.3 is 0 Å². The highest BCUT2D eigenvalue weighted by Crippen LogP contribution is 2.52. The second-order valence-corrected chi connectivity index (χ2v) is 6.49.